The molecule has 0 aliphatic rings. The van der Waals surface area contributed by atoms with Crippen LogP contribution in [0.3, 0.4) is 0 Å². The summed E-state index contributed by atoms with van der Waals surface area (Å²) in [5.41, 5.74) is 2.94. The van der Waals surface area contributed by atoms with Crippen LogP contribution in [0, 0.1) is 13.5 Å². The van der Waals surface area contributed by atoms with Crippen LogP contribution >= 0.6 is 0 Å². The Kier molecular flexibility index (Phi) is 7.62. The van der Waals surface area contributed by atoms with Crippen LogP contribution in [0.15, 0.2) is 18.2 Å². The molecule has 1 aromatic carbocycles. The van der Waals surface area contributed by atoms with Gasteiger partial charge in [0, 0.05) is 24.5 Å². The lowest BCUT2D eigenvalue weighted by atomic mass is 10.1. The first kappa shape index (κ1) is 17.3. The second-order valence-corrected chi connectivity index (χ2v) is 4.04. The molecule has 0 radical (unpaired) electrons. The van der Waals surface area contributed by atoms with E-state index in [2.05, 4.69) is 35.0 Å². The van der Waals surface area contributed by atoms with E-state index in [1.54, 1.807) is 0 Å². The van der Waals surface area contributed by atoms with Crippen molar-refractivity contribution < 1.29 is 17.2 Å². The van der Waals surface area contributed by atoms with Crippen molar-refractivity contribution in [3.63, 3.8) is 0 Å². The van der Waals surface area contributed by atoms with Gasteiger partial charge in [0.05, 0.1) is 0 Å². The van der Waals surface area contributed by atoms with E-state index in [4.69, 9.17) is 6.57 Å². The highest BCUT2D eigenvalue weighted by Crippen LogP contribution is 2.22. The average Bonchev–Trinajstić information content (AvgIpc) is 2.34. The number of aryl methyl sites for hydroxylation is 1. The number of nitrogens with zero attached hydrogens (tertiary/aromatic N) is 2. The molecule has 0 aliphatic heterocycles. The average molecular weight is 281 g/mol. The number of carbonyl (C=O) groups excluding carboxylic acids is 1. The minimum atomic E-state index is -0.260. The number of nitrogens with one attached hydrogen (secondary N) is 1. The highest BCUT2D eigenvalue weighted by Gasteiger charge is 2.08. The molecule has 0 saturated heterocycles. The van der Waals surface area contributed by atoms with Crippen LogP contribution in [0.1, 0.15) is 19.4 Å². The number of carbonyl (C=O) groups is 1. The number of anilines is 2. The Morgan fingerprint density at radius 2 is 2.00 bits per heavy atom. The summed E-state index contributed by atoms with van der Waals surface area (Å²) in [6.07, 6.45) is 0. The molecule has 104 valence electrons. The zero-order valence-corrected chi connectivity index (χ0v) is 12.3. The molecule has 0 bridgehead atoms. The molecule has 0 atom stereocenters. The standard InChI is InChI=1S/C14H19N3O.ClH/c1-5-17(6-2)12-7-8-13(11(3)9-12)16-14(18)10-15-4;/h7-9H,5-6,10H2,1-3H3,(H,16,18);1H/p-1. The Bertz CT molecular complexity index is 464. The second kappa shape index (κ2) is 8.39. The number of amides is 1. The molecule has 1 aromatic rings. The zero-order chi connectivity index (χ0) is 13.5. The number of benzene rings is 1. The molecule has 0 fully saturated rings. The summed E-state index contributed by atoms with van der Waals surface area (Å²) in [5.74, 6) is -0.260. The molecule has 0 aromatic heterocycles. The largest absolute Gasteiger partial charge is 1.00 e. The van der Waals surface area contributed by atoms with Crippen molar-refractivity contribution in [3.8, 4) is 0 Å². The summed E-state index contributed by atoms with van der Waals surface area (Å²) in [7, 11) is 0. The topological polar surface area (TPSA) is 36.7 Å². The normalized spacial score (nSPS) is 9.16. The van der Waals surface area contributed by atoms with Crippen molar-refractivity contribution >= 4 is 17.3 Å². The predicted molar refractivity (Wildman–Crippen MR) is 74.8 cm³/mol. The Morgan fingerprint density at radius 3 is 2.47 bits per heavy atom. The van der Waals surface area contributed by atoms with E-state index in [9.17, 15) is 4.79 Å². The van der Waals surface area contributed by atoms with E-state index in [0.29, 0.717) is 0 Å². The molecule has 0 saturated carbocycles. The first-order valence-corrected chi connectivity index (χ1v) is 6.11. The van der Waals surface area contributed by atoms with Gasteiger partial charge in [0.1, 0.15) is 0 Å². The van der Waals surface area contributed by atoms with Crippen LogP contribution in [0.25, 0.3) is 4.85 Å². The van der Waals surface area contributed by atoms with Gasteiger partial charge in [-0.3, -0.25) is 4.79 Å². The second-order valence-electron chi connectivity index (χ2n) is 4.04. The van der Waals surface area contributed by atoms with Crippen molar-refractivity contribution in [1.82, 2.24) is 0 Å². The third-order valence-electron chi connectivity index (χ3n) is 2.84. The predicted octanol–water partition coefficient (Wildman–Crippen LogP) is -0.297. The van der Waals surface area contributed by atoms with E-state index >= 15 is 0 Å². The van der Waals surface area contributed by atoms with Gasteiger partial charge in [0.2, 0.25) is 0 Å². The number of rotatable bonds is 5. The van der Waals surface area contributed by atoms with Crippen LogP contribution in [0.4, 0.5) is 11.4 Å². The molecule has 5 heteroatoms. The lowest BCUT2D eigenvalue weighted by Crippen LogP contribution is -3.00. The summed E-state index contributed by atoms with van der Waals surface area (Å²) >= 11 is 0. The number of hydrogen-bond acceptors (Lipinski definition) is 2. The van der Waals surface area contributed by atoms with E-state index in [-0.39, 0.29) is 24.9 Å². The number of hydrogen-bond donors (Lipinski definition) is 1. The minimum Gasteiger partial charge on any atom is -1.00 e. The lowest BCUT2D eigenvalue weighted by Gasteiger charge is -2.22. The SMILES string of the molecule is [C-]#[N+]CC(=O)Nc1ccc(N(CC)CC)cc1C.[Cl-]. The molecule has 1 N–H and O–H groups in total. The van der Waals surface area contributed by atoms with Crippen molar-refractivity contribution in [3.05, 3.63) is 35.2 Å². The molecule has 0 heterocycles. The van der Waals surface area contributed by atoms with Gasteiger partial charge < -0.3 is 27.5 Å². The molecular formula is C14H19ClN3O-. The maximum atomic E-state index is 11.4. The first-order valence-electron chi connectivity index (χ1n) is 6.11. The summed E-state index contributed by atoms with van der Waals surface area (Å²) in [4.78, 5) is 16.7. The molecule has 1 rings (SSSR count). The lowest BCUT2D eigenvalue weighted by molar-refractivity contribution is -0.114. The zero-order valence-electron chi connectivity index (χ0n) is 11.5. The van der Waals surface area contributed by atoms with Gasteiger partial charge in [-0.1, -0.05) is 0 Å². The van der Waals surface area contributed by atoms with Crippen LogP contribution in [-0.4, -0.2) is 25.5 Å². The van der Waals surface area contributed by atoms with Crippen LogP contribution in [-0.2, 0) is 4.79 Å². The fraction of sp³-hybridized carbons (Fsp3) is 0.429. The van der Waals surface area contributed by atoms with Crippen molar-refractivity contribution in [1.29, 1.82) is 0 Å². The van der Waals surface area contributed by atoms with Crippen LogP contribution < -0.4 is 22.6 Å². The minimum absolute atomic E-state index is 0. The molecule has 4 nitrogen and oxygen atoms in total. The third-order valence-corrected chi connectivity index (χ3v) is 2.84. The molecule has 0 spiro atoms. The maximum Gasteiger partial charge on any atom is 0.304 e. The maximum absolute atomic E-state index is 11.4. The highest BCUT2D eigenvalue weighted by molar-refractivity contribution is 5.94. The Labute approximate surface area is 121 Å². The van der Waals surface area contributed by atoms with E-state index in [0.717, 1.165) is 30.0 Å². The summed E-state index contributed by atoms with van der Waals surface area (Å²) in [5, 5.41) is 2.74. The van der Waals surface area contributed by atoms with Gasteiger partial charge in [-0.05, 0) is 44.5 Å². The van der Waals surface area contributed by atoms with E-state index in [1.807, 2.05) is 19.1 Å². The monoisotopic (exact) mass is 280 g/mol. The summed E-state index contributed by atoms with van der Waals surface area (Å²) in [6.45, 7) is 14.6. The fourth-order valence-electron chi connectivity index (χ4n) is 1.84. The third kappa shape index (κ3) is 4.80. The summed E-state index contributed by atoms with van der Waals surface area (Å²) < 4.78 is 0. The Balaban J connectivity index is 0.00000324. The quantitative estimate of drug-likeness (QED) is 0.752. The van der Waals surface area contributed by atoms with Gasteiger partial charge in [-0.2, -0.15) is 0 Å². The van der Waals surface area contributed by atoms with Gasteiger partial charge in [-0.15, -0.1) is 0 Å². The molecule has 1 amide bonds. The smallest absolute Gasteiger partial charge is 0.304 e. The first-order chi connectivity index (χ1) is 8.62. The summed E-state index contributed by atoms with van der Waals surface area (Å²) in [6, 6.07) is 5.94. The van der Waals surface area contributed by atoms with Crippen molar-refractivity contribution in [2.75, 3.05) is 29.9 Å². The van der Waals surface area contributed by atoms with Crippen LogP contribution in [0.2, 0.25) is 0 Å². The number of halogens is 1. The van der Waals surface area contributed by atoms with E-state index < -0.39 is 0 Å². The molecule has 0 aliphatic carbocycles. The fourth-order valence-corrected chi connectivity index (χ4v) is 1.84. The van der Waals surface area contributed by atoms with Gasteiger partial charge in [-0.25, -0.2) is 6.57 Å². The Morgan fingerprint density at radius 1 is 1.37 bits per heavy atom. The Hall–Kier alpha value is -1.73. The van der Waals surface area contributed by atoms with Gasteiger partial charge in [0.15, 0.2) is 0 Å². The van der Waals surface area contributed by atoms with Gasteiger partial charge in [0.25, 0.3) is 6.54 Å². The van der Waals surface area contributed by atoms with Crippen LogP contribution in [0.5, 0.6) is 0 Å². The van der Waals surface area contributed by atoms with Gasteiger partial charge >= 0.3 is 5.91 Å². The molecular weight excluding hydrogens is 262 g/mol. The highest BCUT2D eigenvalue weighted by atomic mass is 35.5. The van der Waals surface area contributed by atoms with E-state index in [1.165, 1.54) is 0 Å². The molecule has 0 unspecified atom stereocenters. The van der Waals surface area contributed by atoms with Crippen molar-refractivity contribution in [2.24, 2.45) is 0 Å². The van der Waals surface area contributed by atoms with Crippen molar-refractivity contribution in [2.45, 2.75) is 20.8 Å². The molecule has 19 heavy (non-hydrogen) atoms.